The highest BCUT2D eigenvalue weighted by atomic mass is 16.2. The van der Waals surface area contributed by atoms with Crippen LogP contribution in [-0.4, -0.2) is 36.0 Å². The van der Waals surface area contributed by atoms with Crippen molar-refractivity contribution in [3.8, 4) is 0 Å². The first-order valence-electron chi connectivity index (χ1n) is 16.1. The minimum atomic E-state index is -0.206. The molecule has 2 amide bonds. The molecule has 230 valence electrons. The van der Waals surface area contributed by atoms with Gasteiger partial charge in [0, 0.05) is 55.0 Å². The topological polar surface area (TPSA) is 83.4 Å². The van der Waals surface area contributed by atoms with Crippen molar-refractivity contribution >= 4 is 23.2 Å². The molecular weight excluding hydrogens is 548 g/mol. The molecule has 44 heavy (non-hydrogen) atoms. The smallest absolute Gasteiger partial charge is 0.255 e. The third-order valence-electron chi connectivity index (χ3n) is 9.46. The lowest BCUT2D eigenvalue weighted by Crippen LogP contribution is -2.47. The zero-order valence-electron chi connectivity index (χ0n) is 26.2. The number of hydrogen-bond donors (Lipinski definition) is 2. The first-order valence-corrected chi connectivity index (χ1v) is 16.1. The van der Waals surface area contributed by atoms with E-state index in [1.54, 1.807) is 6.07 Å². The molecule has 7 heteroatoms. The fourth-order valence-electron chi connectivity index (χ4n) is 7.03. The Morgan fingerprint density at radius 1 is 0.909 bits per heavy atom. The molecule has 2 aliphatic heterocycles. The molecule has 3 aliphatic rings. The maximum atomic E-state index is 13.6. The van der Waals surface area contributed by atoms with E-state index in [-0.39, 0.29) is 28.7 Å². The normalized spacial score (nSPS) is 19.5. The van der Waals surface area contributed by atoms with Gasteiger partial charge in [-0.05, 0) is 91.8 Å². The first-order chi connectivity index (χ1) is 21.2. The van der Waals surface area contributed by atoms with E-state index >= 15 is 0 Å². The van der Waals surface area contributed by atoms with E-state index in [2.05, 4.69) is 48.4 Å². The molecule has 1 aromatic heterocycles. The Morgan fingerprint density at radius 2 is 1.70 bits per heavy atom. The van der Waals surface area contributed by atoms with Crippen LogP contribution >= 0.6 is 0 Å². The molecule has 1 saturated heterocycles. The summed E-state index contributed by atoms with van der Waals surface area (Å²) in [5.74, 6) is 0.207. The summed E-state index contributed by atoms with van der Waals surface area (Å²) in [6.07, 6.45) is 8.96. The van der Waals surface area contributed by atoms with Crippen LogP contribution in [0.5, 0.6) is 0 Å². The van der Waals surface area contributed by atoms with Gasteiger partial charge in [0.25, 0.3) is 17.4 Å². The van der Waals surface area contributed by atoms with E-state index < -0.39 is 0 Å². The van der Waals surface area contributed by atoms with Gasteiger partial charge in [0.2, 0.25) is 0 Å². The van der Waals surface area contributed by atoms with Gasteiger partial charge in [0.15, 0.2) is 0 Å². The van der Waals surface area contributed by atoms with Crippen molar-refractivity contribution in [2.24, 2.45) is 5.92 Å². The summed E-state index contributed by atoms with van der Waals surface area (Å²) in [6, 6.07) is 18.9. The number of hydrogen-bond acceptors (Lipinski definition) is 4. The van der Waals surface area contributed by atoms with Crippen LogP contribution in [0, 0.1) is 5.92 Å². The van der Waals surface area contributed by atoms with Crippen molar-refractivity contribution in [3.05, 3.63) is 105 Å². The molecule has 2 bridgehead atoms. The number of piperidine rings is 1. The molecule has 2 N–H and O–H groups in total. The number of allylic oxidation sites excluding steroid dienone is 1. The summed E-state index contributed by atoms with van der Waals surface area (Å²) >= 11 is 0. The van der Waals surface area contributed by atoms with Gasteiger partial charge >= 0.3 is 0 Å². The van der Waals surface area contributed by atoms with Crippen LogP contribution in [-0.2, 0) is 12.0 Å². The lowest BCUT2D eigenvalue weighted by atomic mass is 9.83. The second-order valence-electron chi connectivity index (χ2n) is 13.7. The molecule has 0 radical (unpaired) electrons. The Labute approximate surface area is 260 Å². The molecule has 6 rings (SSSR count). The maximum absolute atomic E-state index is 13.6. The number of carbonyl (C=O) groups is 2. The highest BCUT2D eigenvalue weighted by Crippen LogP contribution is 2.39. The van der Waals surface area contributed by atoms with Crippen LogP contribution < -0.4 is 21.1 Å². The quantitative estimate of drug-likeness (QED) is 0.301. The van der Waals surface area contributed by atoms with E-state index in [1.807, 2.05) is 53.1 Å². The number of nitrogens with one attached hydrogen (secondary N) is 2. The van der Waals surface area contributed by atoms with Gasteiger partial charge < -0.3 is 20.1 Å². The Balaban J connectivity index is 1.25. The Bertz CT molecular complexity index is 1630. The van der Waals surface area contributed by atoms with Crippen LogP contribution in [0.25, 0.3) is 0 Å². The molecule has 2 atom stereocenters. The number of benzene rings is 2. The number of anilines is 2. The number of aromatic nitrogens is 1. The summed E-state index contributed by atoms with van der Waals surface area (Å²) in [6.45, 7) is 9.27. The predicted molar refractivity (Wildman–Crippen MR) is 177 cm³/mol. The molecule has 2 unspecified atom stereocenters. The standard InChI is InChI=1S/C37H44N4O3/c1-37(2,3)30-15-12-27(13-16-30)36(44)39-31-21-28(35(43)38-19-18-25-8-5-4-6-9-25)14-17-33(31)40-22-26-20-29(24-40)32-10-7-11-34(42)41(32)23-26/h7-8,10-17,21,26,29H,4-6,9,18-20,22-24H2,1-3H3,(H,38,43)(H,39,44). The predicted octanol–water partition coefficient (Wildman–Crippen LogP) is 6.64. The average Bonchev–Trinajstić information content (AvgIpc) is 3.01. The second kappa shape index (κ2) is 12.5. The number of amides is 2. The Kier molecular flexibility index (Phi) is 8.48. The van der Waals surface area contributed by atoms with Crippen LogP contribution in [0.2, 0.25) is 0 Å². The Hall–Kier alpha value is -4.13. The summed E-state index contributed by atoms with van der Waals surface area (Å²) in [5, 5.41) is 6.24. The number of nitrogens with zero attached hydrogens (tertiary/aromatic N) is 2. The maximum Gasteiger partial charge on any atom is 0.255 e. The van der Waals surface area contributed by atoms with Crippen LogP contribution in [0.3, 0.4) is 0 Å². The number of fused-ring (bicyclic) bond motifs is 4. The van der Waals surface area contributed by atoms with E-state index in [4.69, 9.17) is 0 Å². The molecule has 3 aromatic rings. The van der Waals surface area contributed by atoms with Gasteiger partial charge in [-0.2, -0.15) is 0 Å². The van der Waals surface area contributed by atoms with E-state index in [9.17, 15) is 14.4 Å². The molecule has 2 aromatic carbocycles. The Morgan fingerprint density at radius 3 is 2.45 bits per heavy atom. The van der Waals surface area contributed by atoms with Gasteiger partial charge in [0.1, 0.15) is 0 Å². The highest BCUT2D eigenvalue weighted by Gasteiger charge is 2.35. The molecular formula is C37H44N4O3. The van der Waals surface area contributed by atoms with Gasteiger partial charge in [-0.25, -0.2) is 0 Å². The first kappa shape index (κ1) is 29.9. The van der Waals surface area contributed by atoms with Crippen molar-refractivity contribution in [3.63, 3.8) is 0 Å². The van der Waals surface area contributed by atoms with Crippen molar-refractivity contribution in [1.82, 2.24) is 9.88 Å². The van der Waals surface area contributed by atoms with Crippen molar-refractivity contribution in [1.29, 1.82) is 0 Å². The van der Waals surface area contributed by atoms with Crippen molar-refractivity contribution < 1.29 is 9.59 Å². The van der Waals surface area contributed by atoms with Gasteiger partial charge in [-0.3, -0.25) is 14.4 Å². The van der Waals surface area contributed by atoms with Crippen molar-refractivity contribution in [2.45, 2.75) is 77.2 Å². The summed E-state index contributed by atoms with van der Waals surface area (Å²) in [4.78, 5) is 41.7. The van der Waals surface area contributed by atoms with E-state index in [0.29, 0.717) is 35.8 Å². The molecule has 3 heterocycles. The zero-order valence-corrected chi connectivity index (χ0v) is 26.2. The van der Waals surface area contributed by atoms with E-state index in [1.165, 1.54) is 18.4 Å². The van der Waals surface area contributed by atoms with Gasteiger partial charge in [-0.1, -0.05) is 50.6 Å². The highest BCUT2D eigenvalue weighted by molar-refractivity contribution is 6.07. The monoisotopic (exact) mass is 592 g/mol. The third kappa shape index (κ3) is 6.52. The van der Waals surface area contributed by atoms with Gasteiger partial charge in [-0.15, -0.1) is 0 Å². The lowest BCUT2D eigenvalue weighted by Gasteiger charge is -2.44. The summed E-state index contributed by atoms with van der Waals surface area (Å²) in [7, 11) is 0. The molecule has 7 nitrogen and oxygen atoms in total. The SMILES string of the molecule is CC(C)(C)c1ccc(C(=O)Nc2cc(C(=O)NCCC3=CCCCC3)ccc2N2CC3CC(C2)c2cccc(=O)n2C3)cc1. The molecule has 0 saturated carbocycles. The van der Waals surface area contributed by atoms with Crippen molar-refractivity contribution in [2.75, 3.05) is 29.9 Å². The molecule has 0 spiro atoms. The summed E-state index contributed by atoms with van der Waals surface area (Å²) < 4.78 is 1.93. The minimum Gasteiger partial charge on any atom is -0.369 e. The number of pyridine rings is 1. The van der Waals surface area contributed by atoms with Crippen LogP contribution in [0.4, 0.5) is 11.4 Å². The van der Waals surface area contributed by atoms with Crippen LogP contribution in [0.1, 0.15) is 97.2 Å². The molecule has 1 fully saturated rings. The second-order valence-corrected chi connectivity index (χ2v) is 13.7. The van der Waals surface area contributed by atoms with Crippen LogP contribution in [0.15, 0.2) is 77.1 Å². The number of rotatable bonds is 7. The fraction of sp³-hybridized carbons (Fsp3) is 0.432. The molecule has 1 aliphatic carbocycles. The number of carbonyl (C=O) groups excluding carboxylic acids is 2. The summed E-state index contributed by atoms with van der Waals surface area (Å²) in [5.41, 5.74) is 6.35. The van der Waals surface area contributed by atoms with E-state index in [0.717, 1.165) is 55.7 Å². The fourth-order valence-corrected chi connectivity index (χ4v) is 7.03. The van der Waals surface area contributed by atoms with Gasteiger partial charge in [0.05, 0.1) is 11.4 Å². The third-order valence-corrected chi connectivity index (χ3v) is 9.46. The lowest BCUT2D eigenvalue weighted by molar-refractivity contribution is 0.0952. The largest absolute Gasteiger partial charge is 0.369 e. The minimum absolute atomic E-state index is 0.00647. The average molecular weight is 593 g/mol. The zero-order chi connectivity index (χ0) is 30.8.